The minimum atomic E-state index is 0.259. The molecule has 166 valence electrons. The van der Waals surface area contributed by atoms with Crippen LogP contribution in [0.3, 0.4) is 0 Å². The van der Waals surface area contributed by atoms with Crippen molar-refractivity contribution in [3.63, 3.8) is 0 Å². The summed E-state index contributed by atoms with van der Waals surface area (Å²) in [6.07, 6.45) is 20.9. The minimum absolute atomic E-state index is 0.259. The lowest BCUT2D eigenvalue weighted by atomic mass is 10.1. The van der Waals surface area contributed by atoms with Crippen LogP contribution in [0.2, 0.25) is 0 Å². The lowest BCUT2D eigenvalue weighted by Crippen LogP contribution is -2.11. The summed E-state index contributed by atoms with van der Waals surface area (Å²) in [6, 6.07) is 8.19. The summed E-state index contributed by atoms with van der Waals surface area (Å²) in [4.78, 5) is 9.17. The molecule has 0 N–H and O–H groups in total. The van der Waals surface area contributed by atoms with Crippen LogP contribution in [0.15, 0.2) is 36.7 Å². The van der Waals surface area contributed by atoms with Crippen LogP contribution in [0, 0.1) is 0 Å². The normalized spacial score (nSPS) is 12.1. The van der Waals surface area contributed by atoms with Crippen LogP contribution in [0.1, 0.15) is 103 Å². The van der Waals surface area contributed by atoms with Gasteiger partial charge in [0.05, 0.1) is 6.10 Å². The third-order valence-corrected chi connectivity index (χ3v) is 5.69. The van der Waals surface area contributed by atoms with Crippen molar-refractivity contribution in [1.82, 2.24) is 9.97 Å². The fraction of sp³-hybridized carbons (Fsp3) is 0.630. The molecule has 0 aliphatic carbocycles. The van der Waals surface area contributed by atoms with Gasteiger partial charge in [-0.3, -0.25) is 0 Å². The van der Waals surface area contributed by atoms with Gasteiger partial charge in [-0.25, -0.2) is 9.97 Å². The zero-order valence-corrected chi connectivity index (χ0v) is 19.5. The molecule has 0 fully saturated rings. The Bertz CT molecular complexity index is 666. The lowest BCUT2D eigenvalue weighted by molar-refractivity contribution is 0.206. The molecule has 0 spiro atoms. The Morgan fingerprint density at radius 1 is 0.733 bits per heavy atom. The molecule has 3 nitrogen and oxygen atoms in total. The SMILES string of the molecule is CCCCCCCCCc1cnc(-c2ccc(O[C@@H](C)CCCCCC)cc2)nc1. The average Bonchev–Trinajstić information content (AvgIpc) is 2.77. The molecule has 0 amide bonds. The maximum absolute atomic E-state index is 6.05. The van der Waals surface area contributed by atoms with Gasteiger partial charge in [0.2, 0.25) is 0 Å². The topological polar surface area (TPSA) is 35.0 Å². The van der Waals surface area contributed by atoms with Gasteiger partial charge in [-0.15, -0.1) is 0 Å². The zero-order chi connectivity index (χ0) is 21.4. The second-order valence-corrected chi connectivity index (χ2v) is 8.59. The number of nitrogens with zero attached hydrogens (tertiary/aromatic N) is 2. The van der Waals surface area contributed by atoms with Crippen LogP contribution in [0.5, 0.6) is 5.75 Å². The molecule has 30 heavy (non-hydrogen) atoms. The van der Waals surface area contributed by atoms with Gasteiger partial charge >= 0.3 is 0 Å². The standard InChI is InChI=1S/C27H42N2O/c1-4-6-8-10-11-12-14-16-24-21-28-27(29-22-24)25-17-19-26(20-18-25)30-23(3)15-13-9-7-5-2/h17-23H,4-16H2,1-3H3/t23-/m0/s1. The molecule has 2 rings (SSSR count). The van der Waals surface area contributed by atoms with E-state index in [9.17, 15) is 0 Å². The van der Waals surface area contributed by atoms with Crippen molar-refractivity contribution in [2.75, 3.05) is 0 Å². The molecule has 3 heteroatoms. The fourth-order valence-corrected chi connectivity index (χ4v) is 3.75. The van der Waals surface area contributed by atoms with E-state index >= 15 is 0 Å². The van der Waals surface area contributed by atoms with Crippen LogP contribution < -0.4 is 4.74 Å². The molecule has 0 aliphatic rings. The van der Waals surface area contributed by atoms with Gasteiger partial charge in [-0.05, 0) is 62.4 Å². The summed E-state index contributed by atoms with van der Waals surface area (Å²) >= 11 is 0. The molecule has 0 radical (unpaired) electrons. The van der Waals surface area contributed by atoms with E-state index in [1.165, 1.54) is 76.2 Å². The highest BCUT2D eigenvalue weighted by molar-refractivity contribution is 5.55. The van der Waals surface area contributed by atoms with Crippen molar-refractivity contribution in [3.8, 4) is 17.1 Å². The number of aryl methyl sites for hydroxylation is 1. The van der Waals surface area contributed by atoms with E-state index in [4.69, 9.17) is 4.74 Å². The number of ether oxygens (including phenoxy) is 1. The first kappa shape index (κ1) is 24.4. The monoisotopic (exact) mass is 410 g/mol. The van der Waals surface area contributed by atoms with E-state index in [2.05, 4.69) is 42.9 Å². The highest BCUT2D eigenvalue weighted by Gasteiger charge is 2.06. The summed E-state index contributed by atoms with van der Waals surface area (Å²) in [5.74, 6) is 1.72. The molecule has 2 aromatic rings. The van der Waals surface area contributed by atoms with Crippen molar-refractivity contribution >= 4 is 0 Å². The minimum Gasteiger partial charge on any atom is -0.491 e. The van der Waals surface area contributed by atoms with Gasteiger partial charge in [0.1, 0.15) is 5.75 Å². The van der Waals surface area contributed by atoms with E-state index in [0.717, 1.165) is 30.0 Å². The largest absolute Gasteiger partial charge is 0.491 e. The molecule has 0 aliphatic heterocycles. The van der Waals surface area contributed by atoms with Crippen molar-refractivity contribution in [2.24, 2.45) is 0 Å². The first-order chi connectivity index (χ1) is 14.7. The van der Waals surface area contributed by atoms with Crippen LogP contribution in [-0.2, 0) is 6.42 Å². The fourth-order valence-electron chi connectivity index (χ4n) is 3.75. The quantitative estimate of drug-likeness (QED) is 0.262. The zero-order valence-electron chi connectivity index (χ0n) is 19.5. The maximum atomic E-state index is 6.05. The number of hydrogen-bond acceptors (Lipinski definition) is 3. The predicted molar refractivity (Wildman–Crippen MR) is 128 cm³/mol. The first-order valence-electron chi connectivity index (χ1n) is 12.3. The number of aromatic nitrogens is 2. The van der Waals surface area contributed by atoms with Crippen molar-refractivity contribution in [2.45, 2.75) is 110 Å². The Labute approximate surface area is 184 Å². The van der Waals surface area contributed by atoms with Gasteiger partial charge in [0, 0.05) is 18.0 Å². The van der Waals surface area contributed by atoms with Crippen molar-refractivity contribution in [1.29, 1.82) is 0 Å². The molecular formula is C27H42N2O. The molecule has 1 atom stereocenters. The van der Waals surface area contributed by atoms with Crippen LogP contribution in [0.25, 0.3) is 11.4 Å². The molecule has 0 saturated carbocycles. The van der Waals surface area contributed by atoms with E-state index in [1.54, 1.807) is 0 Å². The van der Waals surface area contributed by atoms with Crippen LogP contribution in [0.4, 0.5) is 0 Å². The molecule has 0 saturated heterocycles. The van der Waals surface area contributed by atoms with E-state index in [-0.39, 0.29) is 6.10 Å². The number of hydrogen-bond donors (Lipinski definition) is 0. The van der Waals surface area contributed by atoms with Gasteiger partial charge in [-0.1, -0.05) is 71.6 Å². The van der Waals surface area contributed by atoms with Gasteiger partial charge in [0.15, 0.2) is 5.82 Å². The van der Waals surface area contributed by atoms with Gasteiger partial charge < -0.3 is 4.74 Å². The second-order valence-electron chi connectivity index (χ2n) is 8.59. The molecule has 1 heterocycles. The van der Waals surface area contributed by atoms with Crippen LogP contribution >= 0.6 is 0 Å². The summed E-state index contributed by atoms with van der Waals surface area (Å²) in [5.41, 5.74) is 2.28. The van der Waals surface area contributed by atoms with Crippen molar-refractivity contribution < 1.29 is 4.74 Å². The van der Waals surface area contributed by atoms with Gasteiger partial charge in [0.25, 0.3) is 0 Å². The lowest BCUT2D eigenvalue weighted by Gasteiger charge is -2.14. The summed E-state index contributed by atoms with van der Waals surface area (Å²) in [6.45, 7) is 6.67. The summed E-state index contributed by atoms with van der Waals surface area (Å²) in [5, 5.41) is 0. The predicted octanol–water partition coefficient (Wildman–Crippen LogP) is 8.17. The van der Waals surface area contributed by atoms with Crippen LogP contribution in [-0.4, -0.2) is 16.1 Å². The number of unbranched alkanes of at least 4 members (excludes halogenated alkanes) is 9. The molecule has 1 aromatic carbocycles. The Balaban J connectivity index is 1.73. The Morgan fingerprint density at radius 2 is 1.30 bits per heavy atom. The average molecular weight is 411 g/mol. The number of rotatable bonds is 16. The Morgan fingerprint density at radius 3 is 1.93 bits per heavy atom. The van der Waals surface area contributed by atoms with E-state index in [0.29, 0.717) is 0 Å². The maximum Gasteiger partial charge on any atom is 0.159 e. The number of benzene rings is 1. The Hall–Kier alpha value is -1.90. The first-order valence-corrected chi connectivity index (χ1v) is 12.3. The summed E-state index contributed by atoms with van der Waals surface area (Å²) < 4.78 is 6.05. The molecule has 1 aromatic heterocycles. The second kappa shape index (κ2) is 15.0. The molecular weight excluding hydrogens is 368 g/mol. The van der Waals surface area contributed by atoms with Crippen molar-refractivity contribution in [3.05, 3.63) is 42.2 Å². The third kappa shape index (κ3) is 9.73. The third-order valence-electron chi connectivity index (χ3n) is 5.69. The summed E-state index contributed by atoms with van der Waals surface area (Å²) in [7, 11) is 0. The smallest absolute Gasteiger partial charge is 0.159 e. The molecule has 0 unspecified atom stereocenters. The van der Waals surface area contributed by atoms with E-state index in [1.807, 2.05) is 24.5 Å². The highest BCUT2D eigenvalue weighted by Crippen LogP contribution is 2.21. The van der Waals surface area contributed by atoms with Gasteiger partial charge in [-0.2, -0.15) is 0 Å². The Kier molecular flexibility index (Phi) is 12.2. The van der Waals surface area contributed by atoms with E-state index < -0.39 is 0 Å². The molecule has 0 bridgehead atoms. The highest BCUT2D eigenvalue weighted by atomic mass is 16.5.